The van der Waals surface area contributed by atoms with Crippen molar-refractivity contribution in [2.24, 2.45) is 0 Å². The normalized spacial score (nSPS) is 11.6. The predicted molar refractivity (Wildman–Crippen MR) is 110 cm³/mol. The lowest BCUT2D eigenvalue weighted by Crippen LogP contribution is -2.22. The number of benzene rings is 1. The lowest BCUT2D eigenvalue weighted by atomic mass is 9.92. The van der Waals surface area contributed by atoms with Gasteiger partial charge in [-0.1, -0.05) is 40.9 Å². The zero-order valence-corrected chi connectivity index (χ0v) is 17.9. The summed E-state index contributed by atoms with van der Waals surface area (Å²) in [4.78, 5) is 12.1. The van der Waals surface area contributed by atoms with E-state index in [1.54, 1.807) is 44.2 Å². The van der Waals surface area contributed by atoms with E-state index in [2.05, 4.69) is 16.5 Å². The highest BCUT2D eigenvalue weighted by atomic mass is 35.6. The number of carbonyl (C=O) groups is 1. The van der Waals surface area contributed by atoms with E-state index >= 15 is 0 Å². The summed E-state index contributed by atoms with van der Waals surface area (Å²) in [6.07, 6.45) is -0.855. The molecule has 0 radical (unpaired) electrons. The molecule has 0 aliphatic rings. The van der Waals surface area contributed by atoms with Crippen LogP contribution >= 0.6 is 34.8 Å². The highest BCUT2D eigenvalue weighted by Gasteiger charge is 2.27. The number of nitriles is 1. The number of anilines is 1. The van der Waals surface area contributed by atoms with Crippen LogP contribution in [0.2, 0.25) is 0 Å². The first-order valence-corrected chi connectivity index (χ1v) is 9.55. The van der Waals surface area contributed by atoms with Gasteiger partial charge in [-0.05, 0) is 26.0 Å². The van der Waals surface area contributed by atoms with E-state index in [0.717, 1.165) is 0 Å². The summed E-state index contributed by atoms with van der Waals surface area (Å²) in [7, 11) is 0. The first kappa shape index (κ1) is 23.1. The average molecular weight is 462 g/mol. The number of amides is 1. The smallest absolute Gasteiger partial charge is 0.412 e. The van der Waals surface area contributed by atoms with Crippen molar-refractivity contribution < 1.29 is 19.4 Å². The van der Waals surface area contributed by atoms with Crippen molar-refractivity contribution in [3.8, 4) is 17.5 Å². The second-order valence-corrected chi connectivity index (χ2v) is 8.97. The first-order chi connectivity index (χ1) is 13.6. The number of carbonyl (C=O) groups excluding carboxylic acids is 1. The van der Waals surface area contributed by atoms with Gasteiger partial charge in [-0.25, -0.2) is 9.48 Å². The van der Waals surface area contributed by atoms with Crippen LogP contribution in [0.5, 0.6) is 5.75 Å². The molecule has 1 aromatic heterocycles. The van der Waals surface area contributed by atoms with E-state index in [9.17, 15) is 10.1 Å². The van der Waals surface area contributed by atoms with E-state index in [1.807, 2.05) is 0 Å². The van der Waals surface area contributed by atoms with Crippen molar-refractivity contribution in [2.75, 3.05) is 25.1 Å². The van der Waals surface area contributed by atoms with Crippen LogP contribution in [-0.4, -0.2) is 44.6 Å². The molecule has 1 amide bonds. The standard InChI is InChI=1S/C18H19Cl3N4O4/c1-17(2,10-22)14-9-15(23-16(27)29-11-18(19,20)21)25(24-14)12-4-3-5-13(8-12)28-7-6-26/h3-5,8-9,26H,6-7,11H2,1-2H3,(H,23,27). The molecule has 2 N–H and O–H groups in total. The van der Waals surface area contributed by atoms with Gasteiger partial charge in [0.1, 0.15) is 24.8 Å². The van der Waals surface area contributed by atoms with Crippen LogP contribution < -0.4 is 10.1 Å². The molecule has 156 valence electrons. The van der Waals surface area contributed by atoms with Crippen LogP contribution in [0.4, 0.5) is 10.6 Å². The van der Waals surface area contributed by atoms with Crippen LogP contribution in [0, 0.1) is 11.3 Å². The number of halogens is 3. The van der Waals surface area contributed by atoms with Gasteiger partial charge >= 0.3 is 6.09 Å². The molecule has 0 aliphatic heterocycles. The van der Waals surface area contributed by atoms with Gasteiger partial charge in [-0.2, -0.15) is 10.4 Å². The summed E-state index contributed by atoms with van der Waals surface area (Å²) in [6.45, 7) is 2.95. The molecule has 11 heteroatoms. The number of aliphatic hydroxyl groups is 1. The van der Waals surface area contributed by atoms with Crippen molar-refractivity contribution in [1.82, 2.24) is 9.78 Å². The van der Waals surface area contributed by atoms with Crippen molar-refractivity contribution in [1.29, 1.82) is 5.26 Å². The summed E-state index contributed by atoms with van der Waals surface area (Å²) < 4.78 is 9.99. The Morgan fingerprint density at radius 1 is 1.34 bits per heavy atom. The maximum atomic E-state index is 12.1. The molecule has 2 rings (SSSR count). The number of aromatic nitrogens is 2. The average Bonchev–Trinajstić information content (AvgIpc) is 3.09. The second kappa shape index (κ2) is 9.55. The molecule has 0 atom stereocenters. The molecule has 2 aromatic rings. The number of alkyl halides is 3. The SMILES string of the molecule is CC(C)(C#N)c1cc(NC(=O)OCC(Cl)(Cl)Cl)n(-c2cccc(OCCO)c2)n1. The van der Waals surface area contributed by atoms with Gasteiger partial charge in [0.15, 0.2) is 0 Å². The molecular weight excluding hydrogens is 443 g/mol. The van der Waals surface area contributed by atoms with Gasteiger partial charge < -0.3 is 14.6 Å². The number of hydrogen-bond donors (Lipinski definition) is 2. The largest absolute Gasteiger partial charge is 0.491 e. The summed E-state index contributed by atoms with van der Waals surface area (Å²) in [5.74, 6) is 0.745. The number of ether oxygens (including phenoxy) is 2. The van der Waals surface area contributed by atoms with E-state index < -0.39 is 21.9 Å². The maximum absolute atomic E-state index is 12.1. The third-order valence-corrected chi connectivity index (χ3v) is 3.98. The summed E-state index contributed by atoms with van der Waals surface area (Å²) >= 11 is 16.8. The minimum atomic E-state index is -1.75. The molecular formula is C18H19Cl3N4O4. The van der Waals surface area contributed by atoms with Crippen LogP contribution in [0.1, 0.15) is 19.5 Å². The Kier molecular flexibility index (Phi) is 7.60. The van der Waals surface area contributed by atoms with Gasteiger partial charge in [0, 0.05) is 12.1 Å². The Bertz CT molecular complexity index is 903. The number of nitrogens with one attached hydrogen (secondary N) is 1. The molecule has 1 aromatic carbocycles. The first-order valence-electron chi connectivity index (χ1n) is 8.42. The zero-order chi connectivity index (χ0) is 21.7. The highest BCUT2D eigenvalue weighted by Crippen LogP contribution is 2.29. The molecule has 0 bridgehead atoms. The Balaban J connectivity index is 2.37. The Morgan fingerprint density at radius 3 is 2.69 bits per heavy atom. The van der Waals surface area contributed by atoms with Gasteiger partial charge in [0.25, 0.3) is 0 Å². The third kappa shape index (κ3) is 6.68. The number of aliphatic hydroxyl groups excluding tert-OH is 1. The molecule has 8 nitrogen and oxygen atoms in total. The van der Waals surface area contributed by atoms with Gasteiger partial charge in [0.05, 0.1) is 29.5 Å². The summed E-state index contributed by atoms with van der Waals surface area (Å²) in [5.41, 5.74) is 0.0733. The minimum Gasteiger partial charge on any atom is -0.491 e. The Hall–Kier alpha value is -2.18. The highest BCUT2D eigenvalue weighted by molar-refractivity contribution is 6.67. The Morgan fingerprint density at radius 2 is 2.07 bits per heavy atom. The van der Waals surface area contributed by atoms with E-state index in [-0.39, 0.29) is 19.0 Å². The third-order valence-electron chi connectivity index (χ3n) is 3.65. The maximum Gasteiger partial charge on any atom is 0.412 e. The number of hydrogen-bond acceptors (Lipinski definition) is 6. The summed E-state index contributed by atoms with van der Waals surface area (Å²) in [5, 5.41) is 25.3. The van der Waals surface area contributed by atoms with Crippen molar-refractivity contribution in [2.45, 2.75) is 23.1 Å². The topological polar surface area (TPSA) is 109 Å². The van der Waals surface area contributed by atoms with Crippen molar-refractivity contribution in [3.05, 3.63) is 36.0 Å². The predicted octanol–water partition coefficient (Wildman–Crippen LogP) is 3.96. The number of nitrogens with zero attached hydrogens (tertiary/aromatic N) is 3. The van der Waals surface area contributed by atoms with Crippen LogP contribution in [0.3, 0.4) is 0 Å². The molecule has 0 spiro atoms. The van der Waals surface area contributed by atoms with Crippen molar-refractivity contribution in [3.63, 3.8) is 0 Å². The van der Waals surface area contributed by atoms with Crippen LogP contribution in [-0.2, 0) is 10.2 Å². The lowest BCUT2D eigenvalue weighted by molar-refractivity contribution is 0.163. The fourth-order valence-electron chi connectivity index (χ4n) is 2.19. The molecule has 0 unspecified atom stereocenters. The quantitative estimate of drug-likeness (QED) is 0.604. The lowest BCUT2D eigenvalue weighted by Gasteiger charge is -2.13. The van der Waals surface area contributed by atoms with E-state index in [0.29, 0.717) is 17.1 Å². The fraction of sp³-hybridized carbons (Fsp3) is 0.389. The van der Waals surface area contributed by atoms with Crippen LogP contribution in [0.25, 0.3) is 5.69 Å². The van der Waals surface area contributed by atoms with Gasteiger partial charge in [0.2, 0.25) is 3.79 Å². The van der Waals surface area contributed by atoms with Gasteiger partial charge in [-0.3, -0.25) is 5.32 Å². The van der Waals surface area contributed by atoms with Crippen molar-refractivity contribution >= 4 is 46.7 Å². The second-order valence-electron chi connectivity index (χ2n) is 6.45. The number of rotatable bonds is 7. The van der Waals surface area contributed by atoms with E-state index in [4.69, 9.17) is 49.4 Å². The Labute approximate surface area is 182 Å². The summed E-state index contributed by atoms with van der Waals surface area (Å²) in [6, 6.07) is 10.6. The zero-order valence-electron chi connectivity index (χ0n) is 15.7. The molecule has 0 saturated carbocycles. The molecule has 29 heavy (non-hydrogen) atoms. The molecule has 1 heterocycles. The monoisotopic (exact) mass is 460 g/mol. The molecule has 0 fully saturated rings. The molecule has 0 saturated heterocycles. The minimum absolute atomic E-state index is 0.129. The fourth-order valence-corrected chi connectivity index (χ4v) is 2.35. The van der Waals surface area contributed by atoms with Crippen LogP contribution in [0.15, 0.2) is 30.3 Å². The van der Waals surface area contributed by atoms with E-state index in [1.165, 1.54) is 4.68 Å². The van der Waals surface area contributed by atoms with Gasteiger partial charge in [-0.15, -0.1) is 0 Å². The molecule has 0 aliphatic carbocycles.